The first-order valence-electron chi connectivity index (χ1n) is 8.48. The molecule has 0 saturated carbocycles. The highest BCUT2D eigenvalue weighted by Gasteiger charge is 2.21. The lowest BCUT2D eigenvalue weighted by Gasteiger charge is -2.22. The Balaban J connectivity index is 2.40. The summed E-state index contributed by atoms with van der Waals surface area (Å²) in [5.41, 5.74) is 0.931. The van der Waals surface area contributed by atoms with Crippen molar-refractivity contribution in [3.63, 3.8) is 0 Å². The Bertz CT molecular complexity index is 793. The van der Waals surface area contributed by atoms with Crippen LogP contribution >= 0.6 is 11.8 Å². The SMILES string of the molecule is CSc1ncc(C(=O)NC(C)(C)C)c(Nc2cccc(C(C)(C)C)n2)n1. The van der Waals surface area contributed by atoms with Gasteiger partial charge < -0.3 is 10.6 Å². The van der Waals surface area contributed by atoms with Crippen LogP contribution < -0.4 is 10.6 Å². The number of anilines is 2. The van der Waals surface area contributed by atoms with Gasteiger partial charge in [0.2, 0.25) is 0 Å². The maximum absolute atomic E-state index is 12.6. The number of carbonyl (C=O) groups excluding carboxylic acids is 1. The molecule has 0 aliphatic carbocycles. The van der Waals surface area contributed by atoms with Crippen LogP contribution in [0.15, 0.2) is 29.6 Å². The number of pyridine rings is 1. The van der Waals surface area contributed by atoms with Gasteiger partial charge in [0.15, 0.2) is 5.16 Å². The van der Waals surface area contributed by atoms with E-state index in [1.54, 1.807) is 6.20 Å². The van der Waals surface area contributed by atoms with Gasteiger partial charge in [-0.3, -0.25) is 4.79 Å². The predicted molar refractivity (Wildman–Crippen MR) is 107 cm³/mol. The lowest BCUT2D eigenvalue weighted by Crippen LogP contribution is -2.41. The Hall–Kier alpha value is -2.15. The second kappa shape index (κ2) is 7.61. The predicted octanol–water partition coefficient (Wildman–Crippen LogP) is 4.16. The molecule has 7 heteroatoms. The standard InChI is InChI=1S/C19H27N5OS/c1-18(2,3)13-9-8-10-14(21-13)22-15-12(11-20-17(23-15)26-7)16(25)24-19(4,5)6/h8-11H,1-7H3,(H,24,25)(H,20,21,22,23). The summed E-state index contributed by atoms with van der Waals surface area (Å²) in [5.74, 6) is 0.872. The molecular formula is C19H27N5OS. The maximum atomic E-state index is 12.6. The molecule has 2 aromatic rings. The van der Waals surface area contributed by atoms with Crippen LogP contribution in [0.1, 0.15) is 57.6 Å². The fourth-order valence-electron chi connectivity index (χ4n) is 2.18. The van der Waals surface area contributed by atoms with E-state index in [4.69, 9.17) is 0 Å². The third-order valence-electron chi connectivity index (χ3n) is 3.45. The normalized spacial score (nSPS) is 12.0. The van der Waals surface area contributed by atoms with E-state index in [9.17, 15) is 4.79 Å². The highest BCUT2D eigenvalue weighted by atomic mass is 32.2. The van der Waals surface area contributed by atoms with Crippen LogP contribution in [-0.4, -0.2) is 32.7 Å². The number of rotatable bonds is 4. The third-order valence-corrected chi connectivity index (χ3v) is 4.01. The molecule has 0 saturated heterocycles. The summed E-state index contributed by atoms with van der Waals surface area (Å²) in [6, 6.07) is 5.80. The Morgan fingerprint density at radius 1 is 1.08 bits per heavy atom. The van der Waals surface area contributed by atoms with Crippen LogP contribution in [0.3, 0.4) is 0 Å². The summed E-state index contributed by atoms with van der Waals surface area (Å²) in [6.45, 7) is 12.1. The van der Waals surface area contributed by atoms with E-state index in [1.807, 2.05) is 45.2 Å². The highest BCUT2D eigenvalue weighted by molar-refractivity contribution is 7.98. The molecule has 140 valence electrons. The average molecular weight is 374 g/mol. The van der Waals surface area contributed by atoms with E-state index < -0.39 is 0 Å². The summed E-state index contributed by atoms with van der Waals surface area (Å²) in [7, 11) is 0. The number of thioether (sulfide) groups is 1. The fraction of sp³-hybridized carbons (Fsp3) is 0.474. The molecule has 2 heterocycles. The van der Waals surface area contributed by atoms with Gasteiger partial charge in [-0.2, -0.15) is 0 Å². The summed E-state index contributed by atoms with van der Waals surface area (Å²) in [4.78, 5) is 26.0. The fourth-order valence-corrected chi connectivity index (χ4v) is 2.52. The first kappa shape index (κ1) is 20.2. The van der Waals surface area contributed by atoms with Gasteiger partial charge in [-0.25, -0.2) is 15.0 Å². The lowest BCUT2D eigenvalue weighted by molar-refractivity contribution is 0.0919. The molecule has 0 spiro atoms. The van der Waals surface area contributed by atoms with Crippen LogP contribution in [0.25, 0.3) is 0 Å². The molecule has 2 rings (SSSR count). The number of hydrogen-bond donors (Lipinski definition) is 2. The van der Waals surface area contributed by atoms with Crippen molar-refractivity contribution in [2.45, 2.75) is 57.7 Å². The van der Waals surface area contributed by atoms with E-state index in [-0.39, 0.29) is 16.9 Å². The monoisotopic (exact) mass is 373 g/mol. The van der Waals surface area contributed by atoms with E-state index in [0.717, 1.165) is 5.69 Å². The number of nitrogens with zero attached hydrogens (tertiary/aromatic N) is 3. The van der Waals surface area contributed by atoms with Crippen LogP contribution in [0.5, 0.6) is 0 Å². The second-order valence-electron chi connectivity index (χ2n) is 8.11. The van der Waals surface area contributed by atoms with Crippen molar-refractivity contribution < 1.29 is 4.79 Å². The molecule has 26 heavy (non-hydrogen) atoms. The quantitative estimate of drug-likeness (QED) is 0.619. The van der Waals surface area contributed by atoms with Crippen molar-refractivity contribution >= 4 is 29.3 Å². The topological polar surface area (TPSA) is 79.8 Å². The van der Waals surface area contributed by atoms with Gasteiger partial charge in [0.05, 0.1) is 0 Å². The zero-order chi connectivity index (χ0) is 19.5. The van der Waals surface area contributed by atoms with Gasteiger partial charge in [-0.05, 0) is 39.2 Å². The molecule has 0 bridgehead atoms. The van der Waals surface area contributed by atoms with Gasteiger partial charge in [0, 0.05) is 22.8 Å². The maximum Gasteiger partial charge on any atom is 0.257 e. The molecule has 0 unspecified atom stereocenters. The minimum Gasteiger partial charge on any atom is -0.347 e. The first-order valence-corrected chi connectivity index (χ1v) is 9.70. The van der Waals surface area contributed by atoms with Crippen molar-refractivity contribution in [3.8, 4) is 0 Å². The first-order chi connectivity index (χ1) is 12.0. The molecule has 1 amide bonds. The number of hydrogen-bond acceptors (Lipinski definition) is 6. The molecule has 2 N–H and O–H groups in total. The lowest BCUT2D eigenvalue weighted by atomic mass is 9.92. The molecule has 6 nitrogen and oxygen atoms in total. The zero-order valence-electron chi connectivity index (χ0n) is 16.5. The number of aromatic nitrogens is 3. The number of carbonyl (C=O) groups is 1. The molecular weight excluding hydrogens is 346 g/mol. The molecule has 0 aliphatic heterocycles. The summed E-state index contributed by atoms with van der Waals surface area (Å²) in [6.07, 6.45) is 3.45. The van der Waals surface area contributed by atoms with Gasteiger partial charge in [-0.15, -0.1) is 0 Å². The van der Waals surface area contributed by atoms with E-state index >= 15 is 0 Å². The molecule has 0 aromatic carbocycles. The van der Waals surface area contributed by atoms with Gasteiger partial charge >= 0.3 is 0 Å². The summed E-state index contributed by atoms with van der Waals surface area (Å²) >= 11 is 1.42. The van der Waals surface area contributed by atoms with Crippen LogP contribution in [-0.2, 0) is 5.41 Å². The van der Waals surface area contributed by atoms with Crippen molar-refractivity contribution in [1.29, 1.82) is 0 Å². The smallest absolute Gasteiger partial charge is 0.257 e. The molecule has 0 radical (unpaired) electrons. The Morgan fingerprint density at radius 3 is 2.35 bits per heavy atom. The number of amides is 1. The Labute approximate surface area is 159 Å². The minimum absolute atomic E-state index is 0.0692. The molecule has 0 aliphatic rings. The largest absolute Gasteiger partial charge is 0.347 e. The van der Waals surface area contributed by atoms with Crippen molar-refractivity contribution in [1.82, 2.24) is 20.3 Å². The van der Waals surface area contributed by atoms with Crippen molar-refractivity contribution in [3.05, 3.63) is 35.7 Å². The van der Waals surface area contributed by atoms with Gasteiger partial charge in [0.1, 0.15) is 17.2 Å². The van der Waals surface area contributed by atoms with Crippen LogP contribution in [0.4, 0.5) is 11.6 Å². The van der Waals surface area contributed by atoms with Crippen molar-refractivity contribution in [2.75, 3.05) is 11.6 Å². The minimum atomic E-state index is -0.350. The van der Waals surface area contributed by atoms with E-state index in [2.05, 4.69) is 46.4 Å². The summed E-state index contributed by atoms with van der Waals surface area (Å²) in [5, 5.41) is 6.73. The van der Waals surface area contributed by atoms with E-state index in [1.165, 1.54) is 11.8 Å². The molecule has 2 aromatic heterocycles. The van der Waals surface area contributed by atoms with Crippen LogP contribution in [0.2, 0.25) is 0 Å². The molecule has 0 atom stereocenters. The van der Waals surface area contributed by atoms with Crippen molar-refractivity contribution in [2.24, 2.45) is 0 Å². The number of nitrogens with one attached hydrogen (secondary N) is 2. The Morgan fingerprint density at radius 2 is 1.77 bits per heavy atom. The van der Waals surface area contributed by atoms with Crippen LogP contribution in [0, 0.1) is 0 Å². The summed E-state index contributed by atoms with van der Waals surface area (Å²) < 4.78 is 0. The third kappa shape index (κ3) is 5.42. The van der Waals surface area contributed by atoms with E-state index in [0.29, 0.717) is 22.4 Å². The van der Waals surface area contributed by atoms with Gasteiger partial charge in [0.25, 0.3) is 5.91 Å². The zero-order valence-corrected chi connectivity index (χ0v) is 17.3. The highest BCUT2D eigenvalue weighted by Crippen LogP contribution is 2.24. The van der Waals surface area contributed by atoms with Gasteiger partial charge in [-0.1, -0.05) is 38.6 Å². The average Bonchev–Trinajstić information content (AvgIpc) is 2.52. The molecule has 0 fully saturated rings. The second-order valence-corrected chi connectivity index (χ2v) is 8.88. The Kier molecular flexibility index (Phi) is 5.91.